The summed E-state index contributed by atoms with van der Waals surface area (Å²) in [6.07, 6.45) is 0.405. The van der Waals surface area contributed by atoms with Crippen LogP contribution in [-0.4, -0.2) is 51.8 Å². The Labute approximate surface area is 264 Å². The molecule has 1 saturated heterocycles. The Morgan fingerprint density at radius 2 is 1.60 bits per heavy atom. The molecule has 0 aromatic heterocycles. The van der Waals surface area contributed by atoms with Crippen LogP contribution in [0.25, 0.3) is 0 Å². The standard InChI is InChI=1S/C35H38N2O7S/c1-41-33-18-26-15-16-37(21-28(26)19-34(33)42-2)22-30-20-32(25-13-11-24(23-38)12-14-25)44-35(43-30)27-7-6-8-29(17-27)36-45(39,40)31-9-4-3-5-10-31/h3-14,17-19,30,32,35-36,38H,15-16,20-23H2,1-2H3/t30-,32+,35+/m0/s1. The maximum atomic E-state index is 13.0. The number of anilines is 1. The molecule has 0 amide bonds. The van der Waals surface area contributed by atoms with Crippen LogP contribution >= 0.6 is 0 Å². The average molecular weight is 631 g/mol. The van der Waals surface area contributed by atoms with Crippen LogP contribution < -0.4 is 14.2 Å². The third kappa shape index (κ3) is 7.16. The van der Waals surface area contributed by atoms with Crippen molar-refractivity contribution in [1.29, 1.82) is 0 Å². The van der Waals surface area contributed by atoms with Crippen molar-refractivity contribution in [2.45, 2.75) is 49.4 Å². The van der Waals surface area contributed by atoms with Crippen LogP contribution in [0.3, 0.4) is 0 Å². The Hall–Kier alpha value is -3.93. The molecule has 3 atom stereocenters. The van der Waals surface area contributed by atoms with Crippen molar-refractivity contribution >= 4 is 15.7 Å². The quantitative estimate of drug-likeness (QED) is 0.233. The van der Waals surface area contributed by atoms with Gasteiger partial charge in [-0.15, -0.1) is 0 Å². The number of rotatable bonds is 10. The second-order valence-electron chi connectivity index (χ2n) is 11.4. The van der Waals surface area contributed by atoms with E-state index in [0.29, 0.717) is 24.2 Å². The van der Waals surface area contributed by atoms with E-state index in [1.54, 1.807) is 62.8 Å². The number of hydrogen-bond acceptors (Lipinski definition) is 8. The van der Waals surface area contributed by atoms with Gasteiger partial charge in [0.25, 0.3) is 10.0 Å². The number of nitrogens with one attached hydrogen (secondary N) is 1. The van der Waals surface area contributed by atoms with Crippen molar-refractivity contribution in [3.8, 4) is 11.5 Å². The van der Waals surface area contributed by atoms with Crippen molar-refractivity contribution in [3.05, 3.63) is 119 Å². The summed E-state index contributed by atoms with van der Waals surface area (Å²) in [5.41, 5.74) is 5.42. The number of nitrogens with zero attached hydrogens (tertiary/aromatic N) is 1. The predicted molar refractivity (Wildman–Crippen MR) is 171 cm³/mol. The number of aliphatic hydroxyl groups is 1. The third-order valence-corrected chi connectivity index (χ3v) is 9.74. The van der Waals surface area contributed by atoms with Crippen molar-refractivity contribution < 1.29 is 32.5 Å². The first-order chi connectivity index (χ1) is 21.8. The van der Waals surface area contributed by atoms with E-state index in [1.165, 1.54) is 11.1 Å². The van der Waals surface area contributed by atoms with E-state index in [2.05, 4.69) is 21.8 Å². The number of aliphatic hydroxyl groups excluding tert-OH is 1. The Morgan fingerprint density at radius 3 is 2.31 bits per heavy atom. The maximum absolute atomic E-state index is 13.0. The van der Waals surface area contributed by atoms with Gasteiger partial charge in [-0.3, -0.25) is 9.62 Å². The molecule has 0 bridgehead atoms. The highest BCUT2D eigenvalue weighted by molar-refractivity contribution is 7.92. The molecule has 4 aromatic rings. The van der Waals surface area contributed by atoms with E-state index in [0.717, 1.165) is 42.1 Å². The highest BCUT2D eigenvalue weighted by Gasteiger charge is 2.34. The van der Waals surface area contributed by atoms with Gasteiger partial charge in [-0.05, 0) is 65.1 Å². The Kier molecular flexibility index (Phi) is 9.39. The molecule has 0 radical (unpaired) electrons. The smallest absolute Gasteiger partial charge is 0.261 e. The van der Waals surface area contributed by atoms with Crippen molar-refractivity contribution in [2.24, 2.45) is 0 Å². The highest BCUT2D eigenvalue weighted by atomic mass is 32.2. The van der Waals surface area contributed by atoms with Gasteiger partial charge >= 0.3 is 0 Å². The minimum Gasteiger partial charge on any atom is -0.493 e. The Balaban J connectivity index is 1.23. The summed E-state index contributed by atoms with van der Waals surface area (Å²) in [6, 6.07) is 27.3. The monoisotopic (exact) mass is 630 g/mol. The lowest BCUT2D eigenvalue weighted by Gasteiger charge is -2.39. The van der Waals surface area contributed by atoms with Gasteiger partial charge in [0.2, 0.25) is 0 Å². The molecule has 0 aliphatic carbocycles. The molecule has 2 aliphatic heterocycles. The van der Waals surface area contributed by atoms with Crippen LogP contribution in [0.2, 0.25) is 0 Å². The first-order valence-electron chi connectivity index (χ1n) is 15.0. The van der Waals surface area contributed by atoms with E-state index in [1.807, 2.05) is 30.3 Å². The molecule has 2 heterocycles. The van der Waals surface area contributed by atoms with Crippen LogP contribution in [0.5, 0.6) is 11.5 Å². The van der Waals surface area contributed by atoms with Gasteiger partial charge in [0.15, 0.2) is 17.8 Å². The number of fused-ring (bicyclic) bond motifs is 1. The van der Waals surface area contributed by atoms with Crippen LogP contribution in [0.15, 0.2) is 95.9 Å². The van der Waals surface area contributed by atoms with Crippen molar-refractivity contribution in [1.82, 2.24) is 4.90 Å². The number of hydrogen-bond donors (Lipinski definition) is 2. The average Bonchev–Trinajstić information content (AvgIpc) is 3.07. The molecule has 10 heteroatoms. The van der Waals surface area contributed by atoms with Gasteiger partial charge in [-0.2, -0.15) is 0 Å². The van der Waals surface area contributed by atoms with Crippen LogP contribution in [0.4, 0.5) is 5.69 Å². The SMILES string of the molecule is COc1cc2c(cc1OC)CN(C[C@@H]1C[C@H](c3ccc(CO)cc3)O[C@H](c3cccc(NS(=O)(=O)c4ccccc4)c3)O1)CC2. The molecule has 1 fully saturated rings. The zero-order valence-corrected chi connectivity index (χ0v) is 26.2. The molecule has 2 aliphatic rings. The highest BCUT2D eigenvalue weighted by Crippen LogP contribution is 2.40. The van der Waals surface area contributed by atoms with Gasteiger partial charge in [0.05, 0.1) is 37.9 Å². The van der Waals surface area contributed by atoms with E-state index in [-0.39, 0.29) is 23.7 Å². The predicted octanol–water partition coefficient (Wildman–Crippen LogP) is 5.60. The summed E-state index contributed by atoms with van der Waals surface area (Å²) < 4.78 is 52.9. The zero-order valence-electron chi connectivity index (χ0n) is 25.4. The fourth-order valence-electron chi connectivity index (χ4n) is 5.98. The lowest BCUT2D eigenvalue weighted by Crippen LogP contribution is -2.41. The van der Waals surface area contributed by atoms with Crippen LogP contribution in [0, 0.1) is 0 Å². The molecular formula is C35H38N2O7S. The number of ether oxygens (including phenoxy) is 4. The first-order valence-corrected chi connectivity index (χ1v) is 16.5. The van der Waals surface area contributed by atoms with Crippen molar-refractivity contribution in [3.63, 3.8) is 0 Å². The van der Waals surface area contributed by atoms with Gasteiger partial charge in [0, 0.05) is 37.3 Å². The fourth-order valence-corrected chi connectivity index (χ4v) is 7.05. The molecule has 2 N–H and O–H groups in total. The Morgan fingerprint density at radius 1 is 0.867 bits per heavy atom. The van der Waals surface area contributed by atoms with Gasteiger partial charge < -0.3 is 24.1 Å². The van der Waals surface area contributed by atoms with E-state index in [4.69, 9.17) is 18.9 Å². The molecule has 0 unspecified atom stereocenters. The molecule has 236 valence electrons. The van der Waals surface area contributed by atoms with Crippen molar-refractivity contribution in [2.75, 3.05) is 32.0 Å². The first kappa shape index (κ1) is 31.1. The Bertz CT molecular complexity index is 1710. The van der Waals surface area contributed by atoms with Crippen LogP contribution in [-0.2, 0) is 39.1 Å². The van der Waals surface area contributed by atoms with Gasteiger partial charge in [0.1, 0.15) is 0 Å². The topological polar surface area (TPSA) is 107 Å². The number of sulfonamides is 1. The summed E-state index contributed by atoms with van der Waals surface area (Å²) in [7, 11) is -0.459. The molecular weight excluding hydrogens is 592 g/mol. The van der Waals surface area contributed by atoms with E-state index in [9.17, 15) is 13.5 Å². The van der Waals surface area contributed by atoms with E-state index >= 15 is 0 Å². The fraction of sp³-hybridized carbons (Fsp3) is 0.314. The maximum Gasteiger partial charge on any atom is 0.261 e. The minimum atomic E-state index is -3.76. The minimum absolute atomic E-state index is 0.0288. The second kappa shape index (κ2) is 13.6. The molecule has 4 aromatic carbocycles. The second-order valence-corrected chi connectivity index (χ2v) is 13.0. The summed E-state index contributed by atoms with van der Waals surface area (Å²) in [5, 5.41) is 9.54. The molecule has 45 heavy (non-hydrogen) atoms. The summed E-state index contributed by atoms with van der Waals surface area (Å²) >= 11 is 0. The molecule has 6 rings (SSSR count). The van der Waals surface area contributed by atoms with Gasteiger partial charge in [-0.1, -0.05) is 54.6 Å². The lowest BCUT2D eigenvalue weighted by molar-refractivity contribution is -0.253. The summed E-state index contributed by atoms with van der Waals surface area (Å²) in [4.78, 5) is 2.57. The molecule has 0 spiro atoms. The summed E-state index contributed by atoms with van der Waals surface area (Å²) in [5.74, 6) is 1.46. The number of methoxy groups -OCH3 is 2. The molecule has 9 nitrogen and oxygen atoms in total. The normalized spacial score (nSPS) is 20.3. The van der Waals surface area contributed by atoms with E-state index < -0.39 is 16.3 Å². The van der Waals surface area contributed by atoms with Gasteiger partial charge in [-0.25, -0.2) is 8.42 Å². The third-order valence-electron chi connectivity index (χ3n) is 8.34. The molecule has 0 saturated carbocycles. The number of benzene rings is 4. The lowest BCUT2D eigenvalue weighted by atomic mass is 9.97. The zero-order chi connectivity index (χ0) is 31.4. The largest absolute Gasteiger partial charge is 0.493 e. The van der Waals surface area contributed by atoms with Crippen LogP contribution in [0.1, 0.15) is 46.6 Å². The summed E-state index contributed by atoms with van der Waals surface area (Å²) in [6.45, 7) is 2.30.